The number of aromatic nitrogens is 1. The molecule has 0 aliphatic heterocycles. The van der Waals surface area contributed by atoms with E-state index in [0.717, 1.165) is 5.76 Å². The van der Waals surface area contributed by atoms with Gasteiger partial charge in [0.2, 0.25) is 0 Å². The first-order chi connectivity index (χ1) is 10.2. The van der Waals surface area contributed by atoms with Gasteiger partial charge in [0.15, 0.2) is 0 Å². The highest BCUT2D eigenvalue weighted by atomic mass is 16.5. The molecule has 0 saturated heterocycles. The van der Waals surface area contributed by atoms with E-state index in [1.807, 2.05) is 38.2 Å². The molecule has 0 spiro atoms. The van der Waals surface area contributed by atoms with Gasteiger partial charge in [-0.1, -0.05) is 39.0 Å². The molecule has 2 rings (SSSR count). The first kappa shape index (κ1) is 16.7. The van der Waals surface area contributed by atoms with E-state index in [0.29, 0.717) is 17.4 Å². The van der Waals surface area contributed by atoms with Gasteiger partial charge in [0.25, 0.3) is 5.91 Å². The Morgan fingerprint density at radius 2 is 2.10 bits per heavy atom. The van der Waals surface area contributed by atoms with Crippen molar-refractivity contribution in [2.75, 3.05) is 7.05 Å². The predicted molar refractivity (Wildman–Crippen MR) is 85.1 cm³/mol. The fourth-order valence-corrected chi connectivity index (χ4v) is 1.69. The molecule has 0 radical (unpaired) electrons. The van der Waals surface area contributed by atoms with Crippen molar-refractivity contribution in [3.63, 3.8) is 0 Å². The fourth-order valence-electron chi connectivity index (χ4n) is 1.69. The minimum Gasteiger partial charge on any atom is -0.458 e. The molecule has 0 saturated carbocycles. The minimum absolute atomic E-state index is 0.231. The normalized spacial score (nSPS) is 16.2. The number of rotatable bonds is 3. The number of nitrogens with one attached hydrogen (secondary N) is 1. The number of carbonyl (C=O) groups is 1. The molecule has 1 amide bonds. The van der Waals surface area contributed by atoms with E-state index in [4.69, 9.17) is 4.74 Å². The van der Waals surface area contributed by atoms with Crippen molar-refractivity contribution < 1.29 is 9.53 Å². The van der Waals surface area contributed by atoms with E-state index in [1.54, 1.807) is 25.4 Å². The quantitative estimate of drug-likeness (QED) is 0.925. The van der Waals surface area contributed by atoms with Crippen molar-refractivity contribution in [3.8, 4) is 5.75 Å². The zero-order valence-corrected chi connectivity index (χ0v) is 13.0. The molecule has 0 fully saturated rings. The van der Waals surface area contributed by atoms with Gasteiger partial charge in [-0.3, -0.25) is 9.78 Å². The van der Waals surface area contributed by atoms with Crippen LogP contribution < -0.4 is 10.1 Å². The Labute approximate surface area is 126 Å². The first-order valence-corrected chi connectivity index (χ1v) is 7.11. The Bertz CT molecular complexity index is 560. The number of pyridine rings is 1. The van der Waals surface area contributed by atoms with Gasteiger partial charge in [0, 0.05) is 19.3 Å². The van der Waals surface area contributed by atoms with Crippen LogP contribution in [0.2, 0.25) is 0 Å². The second kappa shape index (κ2) is 8.74. The SMILES string of the molecule is CC.CNC(=O)c1cc(OC2=CC(C)C=CC=C2)ccn1. The third-order valence-electron chi connectivity index (χ3n) is 2.64. The summed E-state index contributed by atoms with van der Waals surface area (Å²) in [4.78, 5) is 15.5. The van der Waals surface area contributed by atoms with Crippen LogP contribution in [0.3, 0.4) is 0 Å². The first-order valence-electron chi connectivity index (χ1n) is 7.11. The Morgan fingerprint density at radius 1 is 1.33 bits per heavy atom. The van der Waals surface area contributed by atoms with Gasteiger partial charge < -0.3 is 10.1 Å². The van der Waals surface area contributed by atoms with Crippen LogP contribution in [0.15, 0.2) is 54.5 Å². The summed E-state index contributed by atoms with van der Waals surface area (Å²) in [6, 6.07) is 3.35. The molecule has 4 nitrogen and oxygen atoms in total. The van der Waals surface area contributed by atoms with Crippen molar-refractivity contribution in [2.24, 2.45) is 5.92 Å². The Morgan fingerprint density at radius 3 is 2.81 bits per heavy atom. The number of amides is 1. The Kier molecular flexibility index (Phi) is 6.95. The van der Waals surface area contributed by atoms with Crippen molar-refractivity contribution in [1.29, 1.82) is 0 Å². The molecule has 1 aliphatic carbocycles. The lowest BCUT2D eigenvalue weighted by atomic mass is 10.1. The lowest BCUT2D eigenvalue weighted by molar-refractivity contribution is 0.0958. The highest BCUT2D eigenvalue weighted by Gasteiger charge is 2.07. The topological polar surface area (TPSA) is 51.2 Å². The van der Waals surface area contributed by atoms with Crippen LogP contribution >= 0.6 is 0 Å². The van der Waals surface area contributed by atoms with Gasteiger partial charge in [-0.2, -0.15) is 0 Å². The molecule has 1 aromatic rings. The van der Waals surface area contributed by atoms with E-state index >= 15 is 0 Å². The van der Waals surface area contributed by atoms with Crippen LogP contribution in [0.1, 0.15) is 31.3 Å². The van der Waals surface area contributed by atoms with Gasteiger partial charge in [-0.25, -0.2) is 0 Å². The molecule has 0 bridgehead atoms. The van der Waals surface area contributed by atoms with Crippen LogP contribution in [0, 0.1) is 5.92 Å². The molecule has 0 aromatic carbocycles. The highest BCUT2D eigenvalue weighted by molar-refractivity contribution is 5.92. The number of allylic oxidation sites excluding steroid dienone is 5. The average molecular weight is 286 g/mol. The number of hydrogen-bond acceptors (Lipinski definition) is 3. The molecule has 1 heterocycles. The predicted octanol–water partition coefficient (Wildman–Crippen LogP) is 3.49. The standard InChI is InChI=1S/C15H16N2O2.C2H6/c1-11-5-3-4-6-12(9-11)19-13-7-8-17-14(10-13)15(18)16-2;1-2/h3-11H,1-2H3,(H,16,18);1-2H3. The van der Waals surface area contributed by atoms with Crippen LogP contribution in [-0.2, 0) is 0 Å². The summed E-state index contributed by atoms with van der Waals surface area (Å²) in [5.74, 6) is 1.43. The summed E-state index contributed by atoms with van der Waals surface area (Å²) in [6.07, 6.45) is 11.5. The van der Waals surface area contributed by atoms with E-state index < -0.39 is 0 Å². The van der Waals surface area contributed by atoms with Gasteiger partial charge in [0.05, 0.1) is 0 Å². The number of carbonyl (C=O) groups excluding carboxylic acids is 1. The summed E-state index contributed by atoms with van der Waals surface area (Å²) in [6.45, 7) is 6.08. The third-order valence-corrected chi connectivity index (χ3v) is 2.64. The Hall–Kier alpha value is -2.36. The third kappa shape index (κ3) is 5.26. The summed E-state index contributed by atoms with van der Waals surface area (Å²) in [5.41, 5.74) is 0.337. The van der Waals surface area contributed by atoms with E-state index in [9.17, 15) is 4.79 Å². The second-order valence-electron chi connectivity index (χ2n) is 4.23. The fraction of sp³-hybridized carbons (Fsp3) is 0.294. The van der Waals surface area contributed by atoms with E-state index in [-0.39, 0.29) is 5.91 Å². The molecular formula is C17H22N2O2. The zero-order chi connectivity index (χ0) is 15.7. The molecule has 1 aromatic heterocycles. The van der Waals surface area contributed by atoms with Crippen molar-refractivity contribution in [1.82, 2.24) is 10.3 Å². The molecule has 1 N–H and O–H groups in total. The van der Waals surface area contributed by atoms with E-state index in [1.165, 1.54) is 0 Å². The smallest absolute Gasteiger partial charge is 0.269 e. The summed E-state index contributed by atoms with van der Waals surface area (Å²) in [7, 11) is 1.57. The molecule has 1 atom stereocenters. The van der Waals surface area contributed by atoms with Gasteiger partial charge in [-0.15, -0.1) is 0 Å². The zero-order valence-electron chi connectivity index (χ0n) is 13.0. The maximum atomic E-state index is 11.5. The molecular weight excluding hydrogens is 264 g/mol. The summed E-state index contributed by atoms with van der Waals surface area (Å²) in [5, 5.41) is 2.53. The molecule has 112 valence electrons. The van der Waals surface area contributed by atoms with Crippen molar-refractivity contribution in [3.05, 3.63) is 60.2 Å². The summed E-state index contributed by atoms with van der Waals surface area (Å²) >= 11 is 0. The van der Waals surface area contributed by atoms with E-state index in [2.05, 4.69) is 23.3 Å². The number of hydrogen-bond donors (Lipinski definition) is 1. The molecule has 1 aliphatic rings. The minimum atomic E-state index is -0.231. The number of ether oxygens (including phenoxy) is 1. The Balaban J connectivity index is 0.00000106. The molecule has 1 unspecified atom stereocenters. The molecule has 4 heteroatoms. The van der Waals surface area contributed by atoms with Crippen LogP contribution in [0.25, 0.3) is 0 Å². The van der Waals surface area contributed by atoms with Crippen LogP contribution in [0.4, 0.5) is 0 Å². The molecule has 21 heavy (non-hydrogen) atoms. The monoisotopic (exact) mass is 286 g/mol. The highest BCUT2D eigenvalue weighted by Crippen LogP contribution is 2.18. The van der Waals surface area contributed by atoms with Crippen LogP contribution in [0.5, 0.6) is 5.75 Å². The maximum Gasteiger partial charge on any atom is 0.269 e. The number of nitrogens with zero attached hydrogens (tertiary/aromatic N) is 1. The lowest BCUT2D eigenvalue weighted by Gasteiger charge is -2.08. The lowest BCUT2D eigenvalue weighted by Crippen LogP contribution is -2.19. The van der Waals surface area contributed by atoms with Crippen LogP contribution in [-0.4, -0.2) is 17.9 Å². The van der Waals surface area contributed by atoms with Crippen molar-refractivity contribution >= 4 is 5.91 Å². The largest absolute Gasteiger partial charge is 0.458 e. The van der Waals surface area contributed by atoms with Gasteiger partial charge >= 0.3 is 0 Å². The summed E-state index contributed by atoms with van der Waals surface area (Å²) < 4.78 is 5.76. The average Bonchev–Trinajstić information content (AvgIpc) is 2.72. The van der Waals surface area contributed by atoms with Gasteiger partial charge in [-0.05, 0) is 24.1 Å². The van der Waals surface area contributed by atoms with Crippen molar-refractivity contribution in [2.45, 2.75) is 20.8 Å². The second-order valence-corrected chi connectivity index (χ2v) is 4.23. The maximum absolute atomic E-state index is 11.5. The van der Waals surface area contributed by atoms with Gasteiger partial charge in [0.1, 0.15) is 17.2 Å².